The average molecular weight is 388 g/mol. The van der Waals surface area contributed by atoms with Gasteiger partial charge in [0.2, 0.25) is 12.0 Å². The second kappa shape index (κ2) is 7.36. The number of halogens is 1. The first kappa shape index (κ1) is 17.5. The van der Waals surface area contributed by atoms with Crippen LogP contribution in [0.1, 0.15) is 0 Å². The Balaban J connectivity index is 1.43. The van der Waals surface area contributed by atoms with Gasteiger partial charge in [0.1, 0.15) is 6.61 Å². The summed E-state index contributed by atoms with van der Waals surface area (Å²) in [5, 5.41) is 6.04. The number of ether oxygens (including phenoxy) is 2. The summed E-state index contributed by atoms with van der Waals surface area (Å²) in [4.78, 5) is 26.0. The highest BCUT2D eigenvalue weighted by Crippen LogP contribution is 2.32. The van der Waals surface area contributed by atoms with E-state index < -0.39 is 6.10 Å². The molecule has 2 aromatic rings. The Hall–Kier alpha value is -2.93. The summed E-state index contributed by atoms with van der Waals surface area (Å²) in [6.07, 6.45) is -0.746. The highest BCUT2D eigenvalue weighted by Gasteiger charge is 2.27. The van der Waals surface area contributed by atoms with Crippen molar-refractivity contribution < 1.29 is 19.1 Å². The van der Waals surface area contributed by atoms with Crippen molar-refractivity contribution in [2.24, 2.45) is 0 Å². The summed E-state index contributed by atoms with van der Waals surface area (Å²) >= 11 is 6.37. The molecule has 1 unspecified atom stereocenters. The third-order valence-corrected chi connectivity index (χ3v) is 4.70. The molecule has 27 heavy (non-hydrogen) atoms. The smallest absolute Gasteiger partial charge is 0.269 e. The molecule has 2 N–H and O–H groups in total. The topological polar surface area (TPSA) is 79.9 Å². The van der Waals surface area contributed by atoms with E-state index in [1.54, 1.807) is 30.3 Å². The number of carbonyl (C=O) groups excluding carboxylic acids is 2. The molecule has 2 aliphatic heterocycles. The molecule has 0 spiro atoms. The van der Waals surface area contributed by atoms with Gasteiger partial charge in [0.25, 0.3) is 5.91 Å². The van der Waals surface area contributed by atoms with E-state index in [9.17, 15) is 9.59 Å². The predicted octanol–water partition coefficient (Wildman–Crippen LogP) is 2.05. The van der Waals surface area contributed by atoms with Gasteiger partial charge in [0.05, 0.1) is 17.3 Å². The maximum atomic E-state index is 12.5. The van der Waals surface area contributed by atoms with Crippen molar-refractivity contribution in [2.75, 3.05) is 36.5 Å². The number of fused-ring (bicyclic) bond motifs is 1. The van der Waals surface area contributed by atoms with Crippen LogP contribution in [0, 0.1) is 0 Å². The third kappa shape index (κ3) is 3.78. The van der Waals surface area contributed by atoms with E-state index in [1.165, 1.54) is 0 Å². The minimum Gasteiger partial charge on any atom is -0.485 e. The van der Waals surface area contributed by atoms with E-state index in [4.69, 9.17) is 21.1 Å². The van der Waals surface area contributed by atoms with Crippen molar-refractivity contribution in [3.05, 3.63) is 47.5 Å². The fourth-order valence-corrected chi connectivity index (χ4v) is 3.36. The lowest BCUT2D eigenvalue weighted by molar-refractivity contribution is -0.125. The van der Waals surface area contributed by atoms with Gasteiger partial charge in [0.15, 0.2) is 11.5 Å². The average Bonchev–Trinajstić information content (AvgIpc) is 2.67. The summed E-state index contributed by atoms with van der Waals surface area (Å²) in [7, 11) is 0. The summed E-state index contributed by atoms with van der Waals surface area (Å²) in [5.74, 6) is 0.815. The number of nitrogens with one attached hydrogen (secondary N) is 2. The summed E-state index contributed by atoms with van der Waals surface area (Å²) in [5.41, 5.74) is 1.31. The van der Waals surface area contributed by atoms with Gasteiger partial charge in [-0.25, -0.2) is 0 Å². The molecule has 2 amide bonds. The number of anilines is 2. The molecule has 0 aromatic heterocycles. The number of rotatable bonds is 3. The van der Waals surface area contributed by atoms with Crippen LogP contribution in [0.15, 0.2) is 42.5 Å². The zero-order chi connectivity index (χ0) is 18.8. The van der Waals surface area contributed by atoms with Gasteiger partial charge in [-0.15, -0.1) is 0 Å². The second-order valence-electron chi connectivity index (χ2n) is 6.29. The van der Waals surface area contributed by atoms with Crippen LogP contribution in [-0.2, 0) is 9.59 Å². The van der Waals surface area contributed by atoms with Crippen molar-refractivity contribution in [2.45, 2.75) is 6.10 Å². The van der Waals surface area contributed by atoms with Crippen LogP contribution >= 0.6 is 11.6 Å². The number of hydrogen-bond donors (Lipinski definition) is 2. The molecule has 1 saturated heterocycles. The van der Waals surface area contributed by atoms with Crippen molar-refractivity contribution in [1.29, 1.82) is 0 Å². The SMILES string of the molecule is O=C1CN(c2ccc(NC(=O)C3COc4ccccc4O3)cc2Cl)CCN1. The van der Waals surface area contributed by atoms with Crippen molar-refractivity contribution in [1.82, 2.24) is 5.32 Å². The number of amides is 2. The standard InChI is InChI=1S/C19H18ClN3O4/c20-13-9-12(5-6-14(13)23-8-7-21-18(24)10-23)22-19(25)17-11-26-15-3-1-2-4-16(15)27-17/h1-6,9,17H,7-8,10-11H2,(H,21,24)(H,22,25). The highest BCUT2D eigenvalue weighted by molar-refractivity contribution is 6.33. The summed E-state index contributed by atoms with van der Waals surface area (Å²) in [6, 6.07) is 12.4. The number of carbonyl (C=O) groups is 2. The molecule has 140 valence electrons. The molecular formula is C19H18ClN3O4. The molecule has 4 rings (SSSR count). The van der Waals surface area contributed by atoms with Crippen LogP contribution in [0.3, 0.4) is 0 Å². The van der Waals surface area contributed by atoms with E-state index in [1.807, 2.05) is 17.0 Å². The van der Waals surface area contributed by atoms with Crippen molar-refractivity contribution in [3.63, 3.8) is 0 Å². The van der Waals surface area contributed by atoms with E-state index >= 15 is 0 Å². The zero-order valence-electron chi connectivity index (χ0n) is 14.4. The van der Waals surface area contributed by atoms with Crippen LogP contribution in [0.25, 0.3) is 0 Å². The first-order chi connectivity index (χ1) is 13.1. The maximum Gasteiger partial charge on any atom is 0.269 e. The second-order valence-corrected chi connectivity index (χ2v) is 6.70. The molecule has 2 aromatic carbocycles. The summed E-state index contributed by atoms with van der Waals surface area (Å²) < 4.78 is 11.3. The van der Waals surface area contributed by atoms with E-state index in [0.29, 0.717) is 35.3 Å². The number of hydrogen-bond acceptors (Lipinski definition) is 5. The molecular weight excluding hydrogens is 370 g/mol. The maximum absolute atomic E-state index is 12.5. The lowest BCUT2D eigenvalue weighted by Crippen LogP contribution is -2.47. The molecule has 0 radical (unpaired) electrons. The van der Waals surface area contributed by atoms with Gasteiger partial charge in [0, 0.05) is 18.8 Å². The van der Waals surface area contributed by atoms with E-state index in [-0.39, 0.29) is 25.0 Å². The fourth-order valence-electron chi connectivity index (χ4n) is 3.06. The number of benzene rings is 2. The summed E-state index contributed by atoms with van der Waals surface area (Å²) in [6.45, 7) is 1.66. The predicted molar refractivity (Wildman–Crippen MR) is 102 cm³/mol. The van der Waals surface area contributed by atoms with Gasteiger partial charge in [-0.1, -0.05) is 23.7 Å². The molecule has 1 fully saturated rings. The van der Waals surface area contributed by atoms with Gasteiger partial charge < -0.3 is 25.0 Å². The molecule has 2 heterocycles. The fraction of sp³-hybridized carbons (Fsp3) is 0.263. The Morgan fingerprint density at radius 3 is 2.81 bits per heavy atom. The number of piperazine rings is 1. The normalized spacial score (nSPS) is 18.6. The van der Waals surface area contributed by atoms with Crippen LogP contribution in [0.4, 0.5) is 11.4 Å². The Morgan fingerprint density at radius 2 is 2.04 bits per heavy atom. The van der Waals surface area contributed by atoms with Gasteiger partial charge in [-0.05, 0) is 30.3 Å². The Morgan fingerprint density at radius 1 is 1.22 bits per heavy atom. The molecule has 7 nitrogen and oxygen atoms in total. The zero-order valence-corrected chi connectivity index (χ0v) is 15.2. The first-order valence-corrected chi connectivity index (χ1v) is 8.98. The van der Waals surface area contributed by atoms with E-state index in [2.05, 4.69) is 10.6 Å². The molecule has 0 aliphatic carbocycles. The van der Waals surface area contributed by atoms with Crippen LogP contribution < -0.4 is 25.0 Å². The molecule has 0 bridgehead atoms. The number of nitrogens with zero attached hydrogens (tertiary/aromatic N) is 1. The molecule has 1 atom stereocenters. The van der Waals surface area contributed by atoms with Crippen molar-refractivity contribution in [3.8, 4) is 11.5 Å². The first-order valence-electron chi connectivity index (χ1n) is 8.61. The van der Waals surface area contributed by atoms with Gasteiger partial charge in [-0.2, -0.15) is 0 Å². The monoisotopic (exact) mass is 387 g/mol. The van der Waals surface area contributed by atoms with E-state index in [0.717, 1.165) is 5.69 Å². The van der Waals surface area contributed by atoms with Gasteiger partial charge >= 0.3 is 0 Å². The molecule has 8 heteroatoms. The highest BCUT2D eigenvalue weighted by atomic mass is 35.5. The van der Waals surface area contributed by atoms with Crippen molar-refractivity contribution >= 4 is 34.8 Å². The van der Waals surface area contributed by atoms with Gasteiger partial charge in [-0.3, -0.25) is 9.59 Å². The molecule has 0 saturated carbocycles. The Bertz CT molecular complexity index is 889. The third-order valence-electron chi connectivity index (χ3n) is 4.40. The lowest BCUT2D eigenvalue weighted by Gasteiger charge is -2.29. The number of para-hydroxylation sites is 2. The Labute approximate surface area is 161 Å². The van der Waals surface area contributed by atoms with Crippen LogP contribution in [0.5, 0.6) is 11.5 Å². The lowest BCUT2D eigenvalue weighted by atomic mass is 10.2. The molecule has 2 aliphatic rings. The minimum absolute atomic E-state index is 0.0376. The quantitative estimate of drug-likeness (QED) is 0.842. The largest absolute Gasteiger partial charge is 0.485 e. The Kier molecular flexibility index (Phi) is 4.77. The minimum atomic E-state index is -0.746. The van der Waals surface area contributed by atoms with Crippen LogP contribution in [0.2, 0.25) is 5.02 Å². The van der Waals surface area contributed by atoms with Crippen LogP contribution in [-0.4, -0.2) is 44.2 Å².